The highest BCUT2D eigenvalue weighted by Gasteiger charge is 2.53. The molecule has 0 saturated heterocycles. The smallest absolute Gasteiger partial charge is 0.147 e. The van der Waals surface area contributed by atoms with Crippen LogP contribution in [0.25, 0.3) is 0 Å². The molecule has 0 radical (unpaired) electrons. The summed E-state index contributed by atoms with van der Waals surface area (Å²) in [6.45, 7) is 12.6. The van der Waals surface area contributed by atoms with Gasteiger partial charge in [0.15, 0.2) is 0 Å². The van der Waals surface area contributed by atoms with Crippen molar-refractivity contribution >= 4 is 0 Å². The lowest BCUT2D eigenvalue weighted by atomic mass is 9.63. The minimum atomic E-state index is 0.224. The van der Waals surface area contributed by atoms with E-state index < -0.39 is 0 Å². The van der Waals surface area contributed by atoms with Gasteiger partial charge < -0.3 is 9.47 Å². The van der Waals surface area contributed by atoms with Gasteiger partial charge in [0.1, 0.15) is 6.79 Å². The van der Waals surface area contributed by atoms with E-state index in [2.05, 4.69) is 40.7 Å². The van der Waals surface area contributed by atoms with Crippen LogP contribution < -0.4 is 0 Å². The summed E-state index contributed by atoms with van der Waals surface area (Å²) in [7, 11) is 1.74. The van der Waals surface area contributed by atoms with Gasteiger partial charge in [-0.05, 0) is 80.0 Å². The lowest BCUT2D eigenvalue weighted by Gasteiger charge is -2.45. The summed E-state index contributed by atoms with van der Waals surface area (Å²) in [6, 6.07) is 0. The monoisotopic (exact) mass is 334 g/mol. The van der Waals surface area contributed by atoms with E-state index in [1.807, 2.05) is 0 Å². The van der Waals surface area contributed by atoms with Gasteiger partial charge in [-0.15, -0.1) is 0 Å². The summed E-state index contributed by atoms with van der Waals surface area (Å²) < 4.78 is 11.6. The number of rotatable bonds is 4. The van der Waals surface area contributed by atoms with Crippen molar-refractivity contribution < 1.29 is 9.47 Å². The van der Waals surface area contributed by atoms with Gasteiger partial charge in [0.25, 0.3) is 0 Å². The highest BCUT2D eigenvalue weighted by Crippen LogP contribution is 2.59. The van der Waals surface area contributed by atoms with Gasteiger partial charge in [-0.1, -0.05) is 39.3 Å². The molecule has 0 spiro atoms. The van der Waals surface area contributed by atoms with E-state index in [1.165, 1.54) is 32.1 Å². The highest BCUT2D eigenvalue weighted by molar-refractivity contribution is 5.17. The van der Waals surface area contributed by atoms with E-state index >= 15 is 0 Å². The predicted octanol–water partition coefficient (Wildman–Crippen LogP) is 5.68. The lowest BCUT2D eigenvalue weighted by Crippen LogP contribution is -2.42. The first-order chi connectivity index (χ1) is 11.4. The molecule has 0 unspecified atom stereocenters. The van der Waals surface area contributed by atoms with Gasteiger partial charge in [-0.2, -0.15) is 0 Å². The molecule has 0 aromatic carbocycles. The molecule has 0 N–H and O–H groups in total. The number of hydrogen-bond donors (Lipinski definition) is 0. The van der Waals surface area contributed by atoms with Crippen LogP contribution in [-0.2, 0) is 9.47 Å². The highest BCUT2D eigenvalue weighted by atomic mass is 16.7. The Kier molecular flexibility index (Phi) is 5.47. The largest absolute Gasteiger partial charge is 0.359 e. The Bertz CT molecular complexity index is 469. The Morgan fingerprint density at radius 2 is 2.00 bits per heavy atom. The molecule has 0 heterocycles. The van der Waals surface area contributed by atoms with Crippen molar-refractivity contribution in [2.75, 3.05) is 13.9 Å². The number of ether oxygens (including phenoxy) is 2. The third-order valence-electron chi connectivity index (χ3n) is 7.80. The van der Waals surface area contributed by atoms with Gasteiger partial charge in [-0.25, -0.2) is 0 Å². The fraction of sp³-hybridized carbons (Fsp3) is 0.909. The molecule has 3 aliphatic carbocycles. The molecule has 2 heteroatoms. The molecule has 2 saturated carbocycles. The first kappa shape index (κ1) is 18.5. The number of hydrogen-bond acceptors (Lipinski definition) is 2. The van der Waals surface area contributed by atoms with Crippen LogP contribution in [0.4, 0.5) is 0 Å². The lowest BCUT2D eigenvalue weighted by molar-refractivity contribution is -0.103. The van der Waals surface area contributed by atoms with Crippen LogP contribution >= 0.6 is 0 Å². The van der Waals surface area contributed by atoms with Crippen LogP contribution in [0.1, 0.15) is 66.7 Å². The molecule has 138 valence electrons. The zero-order chi connectivity index (χ0) is 17.5. The summed E-state index contributed by atoms with van der Waals surface area (Å²) in [5, 5.41) is 0. The fourth-order valence-corrected chi connectivity index (χ4v) is 6.48. The van der Waals surface area contributed by atoms with Crippen molar-refractivity contribution in [1.29, 1.82) is 0 Å². The maximum Gasteiger partial charge on any atom is 0.147 e. The Morgan fingerprint density at radius 3 is 2.67 bits per heavy atom. The molecule has 2 fully saturated rings. The summed E-state index contributed by atoms with van der Waals surface area (Å²) >= 11 is 0. The second kappa shape index (κ2) is 7.11. The van der Waals surface area contributed by atoms with Crippen LogP contribution in [0.5, 0.6) is 0 Å². The van der Waals surface area contributed by atoms with Gasteiger partial charge >= 0.3 is 0 Å². The van der Waals surface area contributed by atoms with Gasteiger partial charge in [-0.3, -0.25) is 0 Å². The first-order valence-corrected chi connectivity index (χ1v) is 10.2. The summed E-state index contributed by atoms with van der Waals surface area (Å²) in [6.07, 6.45) is 9.63. The number of methoxy groups -OCH3 is 1. The van der Waals surface area contributed by atoms with Crippen LogP contribution in [0.15, 0.2) is 11.6 Å². The van der Waals surface area contributed by atoms with Gasteiger partial charge in [0.2, 0.25) is 0 Å². The molecule has 3 aliphatic rings. The summed E-state index contributed by atoms with van der Waals surface area (Å²) in [5.74, 6) is 4.68. The van der Waals surface area contributed by atoms with Crippen LogP contribution in [-0.4, -0.2) is 20.0 Å². The van der Waals surface area contributed by atoms with Crippen LogP contribution in [0.3, 0.4) is 0 Å². The molecule has 0 bridgehead atoms. The topological polar surface area (TPSA) is 18.5 Å². The molecular formula is C22H38O2. The Morgan fingerprint density at radius 1 is 1.25 bits per heavy atom. The van der Waals surface area contributed by atoms with E-state index in [0.29, 0.717) is 18.1 Å². The van der Waals surface area contributed by atoms with Crippen LogP contribution in [0.2, 0.25) is 0 Å². The summed E-state index contributed by atoms with van der Waals surface area (Å²) in [5.41, 5.74) is 2.01. The van der Waals surface area contributed by atoms with E-state index in [4.69, 9.17) is 9.47 Å². The number of allylic oxidation sites excluding steroid dienone is 1. The molecule has 0 aromatic heterocycles. The first-order valence-electron chi connectivity index (χ1n) is 10.2. The minimum Gasteiger partial charge on any atom is -0.359 e. The van der Waals surface area contributed by atoms with Crippen molar-refractivity contribution in [2.45, 2.75) is 72.8 Å². The molecule has 24 heavy (non-hydrogen) atoms. The summed E-state index contributed by atoms with van der Waals surface area (Å²) in [4.78, 5) is 0. The molecule has 3 rings (SSSR count). The van der Waals surface area contributed by atoms with Gasteiger partial charge in [0, 0.05) is 7.11 Å². The molecule has 2 nitrogen and oxygen atoms in total. The Balaban J connectivity index is 1.99. The van der Waals surface area contributed by atoms with E-state index in [0.717, 1.165) is 29.6 Å². The molecule has 0 amide bonds. The SMILES string of the molecule is COCO[C@H]1/C=C(/C)[C@@H]2CC[C@@H](C)[C@@H]2C[C@@]2(C)CC[C@@H](C(C)C)[C@H]12. The third-order valence-corrected chi connectivity index (χ3v) is 7.80. The van der Waals surface area contributed by atoms with E-state index in [1.54, 1.807) is 12.7 Å². The van der Waals surface area contributed by atoms with Crippen LogP contribution in [0, 0.1) is 40.9 Å². The maximum atomic E-state index is 6.27. The predicted molar refractivity (Wildman–Crippen MR) is 99.7 cm³/mol. The molecule has 0 aromatic rings. The van der Waals surface area contributed by atoms with Crippen molar-refractivity contribution in [3.05, 3.63) is 11.6 Å². The second-order valence-electron chi connectivity index (χ2n) is 9.60. The van der Waals surface area contributed by atoms with Gasteiger partial charge in [0.05, 0.1) is 6.10 Å². The molecule has 7 atom stereocenters. The normalized spacial score (nSPS) is 47.7. The Hall–Kier alpha value is -0.340. The quantitative estimate of drug-likeness (QED) is 0.486. The average molecular weight is 335 g/mol. The third kappa shape index (κ3) is 3.21. The van der Waals surface area contributed by atoms with Crippen molar-refractivity contribution in [3.8, 4) is 0 Å². The fourth-order valence-electron chi connectivity index (χ4n) is 6.48. The zero-order valence-corrected chi connectivity index (χ0v) is 16.7. The molecular weight excluding hydrogens is 296 g/mol. The van der Waals surface area contributed by atoms with E-state index in [9.17, 15) is 0 Å². The second-order valence-corrected chi connectivity index (χ2v) is 9.60. The Labute approximate surface area is 149 Å². The van der Waals surface area contributed by atoms with Crippen molar-refractivity contribution in [2.24, 2.45) is 40.9 Å². The van der Waals surface area contributed by atoms with Crippen molar-refractivity contribution in [3.63, 3.8) is 0 Å². The van der Waals surface area contributed by atoms with Crippen molar-refractivity contribution in [1.82, 2.24) is 0 Å². The number of fused-ring (bicyclic) bond motifs is 2. The average Bonchev–Trinajstić information content (AvgIpc) is 3.04. The zero-order valence-electron chi connectivity index (χ0n) is 16.7. The molecule has 0 aliphatic heterocycles. The standard InChI is InChI=1S/C22H38O2/c1-14(2)17-9-10-22(5)12-19-15(3)7-8-18(19)16(4)11-20(21(17)22)24-13-23-6/h11,14-15,17-21H,7-10,12-13H2,1-6H3/b16-11-/t15-,17+,18+,19+,20+,21-,22-/m1/s1. The minimum absolute atomic E-state index is 0.224. The maximum absolute atomic E-state index is 6.27. The van der Waals surface area contributed by atoms with E-state index in [-0.39, 0.29) is 6.10 Å².